The molecule has 0 saturated carbocycles. The number of primary amides is 1. The van der Waals surface area contributed by atoms with Gasteiger partial charge in [0.2, 0.25) is 0 Å². The van der Waals surface area contributed by atoms with Gasteiger partial charge in [0, 0.05) is 13.1 Å². The topological polar surface area (TPSA) is 97.1 Å². The third-order valence-electron chi connectivity index (χ3n) is 1.46. The monoisotopic (exact) mass is 194 g/mol. The standard InChI is InChI=1S/C8H10N4O2/c1-5(13)7-6(3-2-4-10-7)11-12-8(9)14/h2-4,11H,1H3,(H3,9,12,14). The van der Waals surface area contributed by atoms with E-state index in [9.17, 15) is 9.59 Å². The third kappa shape index (κ3) is 2.44. The molecule has 0 saturated heterocycles. The summed E-state index contributed by atoms with van der Waals surface area (Å²) in [6.45, 7) is 1.39. The molecule has 0 unspecified atom stereocenters. The van der Waals surface area contributed by atoms with Crippen LogP contribution in [-0.4, -0.2) is 16.8 Å². The lowest BCUT2D eigenvalue weighted by atomic mass is 10.2. The van der Waals surface area contributed by atoms with Gasteiger partial charge in [-0.05, 0) is 12.1 Å². The van der Waals surface area contributed by atoms with Gasteiger partial charge in [0.05, 0.1) is 5.69 Å². The number of anilines is 1. The highest BCUT2D eigenvalue weighted by Crippen LogP contribution is 2.10. The van der Waals surface area contributed by atoms with E-state index in [2.05, 4.69) is 15.8 Å². The molecule has 0 aliphatic carbocycles. The molecule has 1 aromatic rings. The fourth-order valence-electron chi connectivity index (χ4n) is 0.916. The van der Waals surface area contributed by atoms with E-state index in [1.807, 2.05) is 0 Å². The van der Waals surface area contributed by atoms with Crippen LogP contribution in [-0.2, 0) is 0 Å². The average molecular weight is 194 g/mol. The molecule has 0 aromatic carbocycles. The van der Waals surface area contributed by atoms with E-state index in [1.165, 1.54) is 13.1 Å². The van der Waals surface area contributed by atoms with Gasteiger partial charge in [0.1, 0.15) is 5.69 Å². The quantitative estimate of drug-likeness (QED) is 0.475. The number of carbonyl (C=O) groups excluding carboxylic acids is 2. The maximum atomic E-state index is 11.1. The van der Waals surface area contributed by atoms with Crippen molar-refractivity contribution in [2.75, 3.05) is 5.43 Å². The number of pyridine rings is 1. The normalized spacial score (nSPS) is 9.21. The molecule has 6 heteroatoms. The molecular formula is C8H10N4O2. The molecule has 14 heavy (non-hydrogen) atoms. The predicted molar refractivity (Wildman–Crippen MR) is 50.6 cm³/mol. The number of hydrogen-bond donors (Lipinski definition) is 3. The number of urea groups is 1. The summed E-state index contributed by atoms with van der Waals surface area (Å²) in [6.07, 6.45) is 1.49. The Labute approximate surface area is 80.5 Å². The Morgan fingerprint density at radius 2 is 2.21 bits per heavy atom. The zero-order valence-electron chi connectivity index (χ0n) is 7.57. The van der Waals surface area contributed by atoms with E-state index in [1.54, 1.807) is 12.1 Å². The number of nitrogens with zero attached hydrogens (tertiary/aromatic N) is 1. The maximum Gasteiger partial charge on any atom is 0.330 e. The molecule has 1 heterocycles. The van der Waals surface area contributed by atoms with Gasteiger partial charge in [0.15, 0.2) is 5.78 Å². The van der Waals surface area contributed by atoms with Crippen molar-refractivity contribution in [2.45, 2.75) is 6.92 Å². The minimum atomic E-state index is -0.733. The number of hydrazine groups is 1. The minimum absolute atomic E-state index is 0.195. The molecule has 1 rings (SSSR count). The summed E-state index contributed by atoms with van der Waals surface area (Å²) in [6, 6.07) is 2.51. The first-order valence-corrected chi connectivity index (χ1v) is 3.88. The highest BCUT2D eigenvalue weighted by atomic mass is 16.2. The number of Topliss-reactive ketones (excluding diaryl/α,β-unsaturated/α-hetero) is 1. The van der Waals surface area contributed by atoms with Crippen LogP contribution in [0.3, 0.4) is 0 Å². The number of amides is 2. The fourth-order valence-corrected chi connectivity index (χ4v) is 0.916. The molecule has 74 valence electrons. The van der Waals surface area contributed by atoms with Crippen LogP contribution >= 0.6 is 0 Å². The first kappa shape index (κ1) is 9.97. The largest absolute Gasteiger partial charge is 0.350 e. The van der Waals surface area contributed by atoms with Gasteiger partial charge in [-0.15, -0.1) is 0 Å². The van der Waals surface area contributed by atoms with Gasteiger partial charge >= 0.3 is 6.03 Å². The van der Waals surface area contributed by atoms with Gasteiger partial charge < -0.3 is 5.73 Å². The van der Waals surface area contributed by atoms with Crippen LogP contribution in [0.5, 0.6) is 0 Å². The molecule has 1 aromatic heterocycles. The van der Waals surface area contributed by atoms with Gasteiger partial charge in [0.25, 0.3) is 0 Å². The SMILES string of the molecule is CC(=O)c1ncccc1NNC(N)=O. The van der Waals surface area contributed by atoms with Gasteiger partial charge in [-0.25, -0.2) is 4.79 Å². The summed E-state index contributed by atoms with van der Waals surface area (Å²) in [5, 5.41) is 0. The number of ketones is 1. The third-order valence-corrected chi connectivity index (χ3v) is 1.46. The highest BCUT2D eigenvalue weighted by Gasteiger charge is 2.07. The first-order valence-electron chi connectivity index (χ1n) is 3.88. The Kier molecular flexibility index (Phi) is 3.01. The Hall–Kier alpha value is -2.11. The Morgan fingerprint density at radius 1 is 1.50 bits per heavy atom. The number of carbonyl (C=O) groups is 2. The van der Waals surface area contributed by atoms with Crippen LogP contribution in [0.4, 0.5) is 10.5 Å². The number of nitrogens with two attached hydrogens (primary N) is 1. The average Bonchev–Trinajstić information content (AvgIpc) is 2.15. The Bertz CT molecular complexity index is 364. The van der Waals surface area contributed by atoms with E-state index in [4.69, 9.17) is 5.73 Å². The fraction of sp³-hybridized carbons (Fsp3) is 0.125. The van der Waals surface area contributed by atoms with Crippen molar-refractivity contribution in [1.82, 2.24) is 10.4 Å². The molecular weight excluding hydrogens is 184 g/mol. The molecule has 0 aliphatic heterocycles. The van der Waals surface area contributed by atoms with Crippen LogP contribution in [0.2, 0.25) is 0 Å². The van der Waals surface area contributed by atoms with Gasteiger partial charge in [-0.2, -0.15) is 0 Å². The zero-order chi connectivity index (χ0) is 10.6. The van der Waals surface area contributed by atoms with Gasteiger partial charge in [-0.3, -0.25) is 20.6 Å². The molecule has 0 fully saturated rings. The number of aromatic nitrogens is 1. The summed E-state index contributed by atoms with van der Waals surface area (Å²) in [7, 11) is 0. The lowest BCUT2D eigenvalue weighted by Gasteiger charge is -2.08. The molecule has 0 atom stereocenters. The van der Waals surface area contributed by atoms with Crippen LogP contribution in [0.25, 0.3) is 0 Å². The molecule has 6 nitrogen and oxygen atoms in total. The van der Waals surface area contributed by atoms with Crippen molar-refractivity contribution >= 4 is 17.5 Å². The highest BCUT2D eigenvalue weighted by molar-refractivity contribution is 5.97. The lowest BCUT2D eigenvalue weighted by Crippen LogP contribution is -2.34. The minimum Gasteiger partial charge on any atom is -0.350 e. The lowest BCUT2D eigenvalue weighted by molar-refractivity contribution is 0.101. The summed E-state index contributed by atoms with van der Waals surface area (Å²) in [5.74, 6) is -0.195. The van der Waals surface area contributed by atoms with E-state index >= 15 is 0 Å². The van der Waals surface area contributed by atoms with Crippen molar-refractivity contribution in [1.29, 1.82) is 0 Å². The Morgan fingerprint density at radius 3 is 2.79 bits per heavy atom. The van der Waals surface area contributed by atoms with Crippen LogP contribution in [0, 0.1) is 0 Å². The van der Waals surface area contributed by atoms with E-state index < -0.39 is 6.03 Å². The van der Waals surface area contributed by atoms with Crippen LogP contribution in [0.1, 0.15) is 17.4 Å². The summed E-state index contributed by atoms with van der Waals surface area (Å²) in [5.41, 5.74) is 10.2. The summed E-state index contributed by atoms with van der Waals surface area (Å²) >= 11 is 0. The second-order valence-electron chi connectivity index (χ2n) is 2.57. The van der Waals surface area contributed by atoms with Crippen molar-refractivity contribution in [3.8, 4) is 0 Å². The maximum absolute atomic E-state index is 11.1. The molecule has 4 N–H and O–H groups in total. The van der Waals surface area contributed by atoms with Crippen LogP contribution in [0.15, 0.2) is 18.3 Å². The van der Waals surface area contributed by atoms with Crippen molar-refractivity contribution in [3.63, 3.8) is 0 Å². The predicted octanol–water partition coefficient (Wildman–Crippen LogP) is 0.279. The van der Waals surface area contributed by atoms with Gasteiger partial charge in [-0.1, -0.05) is 0 Å². The van der Waals surface area contributed by atoms with Crippen LogP contribution < -0.4 is 16.6 Å². The smallest absolute Gasteiger partial charge is 0.330 e. The summed E-state index contributed by atoms with van der Waals surface area (Å²) in [4.78, 5) is 25.3. The number of nitrogens with one attached hydrogen (secondary N) is 2. The van der Waals surface area contributed by atoms with E-state index in [0.717, 1.165) is 0 Å². The Balaban J connectivity index is 2.84. The van der Waals surface area contributed by atoms with Crippen molar-refractivity contribution in [3.05, 3.63) is 24.0 Å². The van der Waals surface area contributed by atoms with E-state index in [0.29, 0.717) is 5.69 Å². The molecule has 0 bridgehead atoms. The van der Waals surface area contributed by atoms with Crippen molar-refractivity contribution in [2.24, 2.45) is 5.73 Å². The summed E-state index contributed by atoms with van der Waals surface area (Å²) < 4.78 is 0. The first-order chi connectivity index (χ1) is 6.61. The second kappa shape index (κ2) is 4.22. The number of rotatable bonds is 3. The molecule has 0 radical (unpaired) electrons. The van der Waals surface area contributed by atoms with Crippen molar-refractivity contribution < 1.29 is 9.59 Å². The molecule has 0 aliphatic rings. The molecule has 0 spiro atoms. The molecule has 2 amide bonds. The zero-order valence-corrected chi connectivity index (χ0v) is 7.57. The van der Waals surface area contributed by atoms with E-state index in [-0.39, 0.29) is 11.5 Å². The number of hydrogen-bond acceptors (Lipinski definition) is 4. The second-order valence-corrected chi connectivity index (χ2v) is 2.57.